The van der Waals surface area contributed by atoms with Crippen molar-refractivity contribution in [3.63, 3.8) is 0 Å². The first-order chi connectivity index (χ1) is 23.3. The largest absolute Gasteiger partial charge is 0.530 e. The molecule has 1 aliphatic heterocycles. The first-order valence-corrected chi connectivity index (χ1v) is 20.8. The molecule has 282 valence electrons. The van der Waals surface area contributed by atoms with Crippen LogP contribution in [0.4, 0.5) is 0 Å². The van der Waals surface area contributed by atoms with Crippen molar-refractivity contribution >= 4 is 8.60 Å². The summed E-state index contributed by atoms with van der Waals surface area (Å²) in [6.07, 6.45) is 4.82. The van der Waals surface area contributed by atoms with Crippen LogP contribution >= 0.6 is 8.60 Å². The third kappa shape index (κ3) is 8.67. The lowest BCUT2D eigenvalue weighted by atomic mass is 9.73. The predicted molar refractivity (Wildman–Crippen MR) is 222 cm³/mol. The van der Waals surface area contributed by atoms with Crippen LogP contribution in [-0.4, -0.2) is 0 Å². The molecule has 3 aromatic carbocycles. The van der Waals surface area contributed by atoms with Gasteiger partial charge in [0.1, 0.15) is 17.2 Å². The normalized spacial score (nSPS) is 14.9. The van der Waals surface area contributed by atoms with E-state index in [1.54, 1.807) is 0 Å². The molecule has 0 amide bonds. The average molecular weight is 715 g/mol. The van der Waals surface area contributed by atoms with Crippen molar-refractivity contribution in [1.29, 1.82) is 0 Å². The van der Waals surface area contributed by atoms with Crippen molar-refractivity contribution in [2.45, 2.75) is 189 Å². The Morgan fingerprint density at radius 2 is 0.882 bits per heavy atom. The molecule has 0 aliphatic carbocycles. The third-order valence-electron chi connectivity index (χ3n) is 12.4. The topological polar surface area (TPSA) is 27.7 Å². The maximum Gasteiger partial charge on any atom is 0.530 e. The molecular weight excluding hydrogens is 643 g/mol. The van der Waals surface area contributed by atoms with E-state index in [9.17, 15) is 0 Å². The van der Waals surface area contributed by atoms with Crippen molar-refractivity contribution in [1.82, 2.24) is 0 Å². The second kappa shape index (κ2) is 14.4. The van der Waals surface area contributed by atoms with Crippen molar-refractivity contribution in [3.05, 3.63) is 87.0 Å². The van der Waals surface area contributed by atoms with Gasteiger partial charge in [-0.3, -0.25) is 0 Å². The SMILES string of the molecule is CCC(C)(C)c1cc2c(c(C(C)(C)CC)c1)OP(Oc1ccc(C(C)(C)C)cc1C(C)(C)C)Oc1c(cc(C(C)(C)CC)cc1C(C)(C)CC)C2. The summed E-state index contributed by atoms with van der Waals surface area (Å²) in [6, 6.07) is 16.4. The summed E-state index contributed by atoms with van der Waals surface area (Å²) < 4.78 is 21.5. The molecule has 0 atom stereocenters. The summed E-state index contributed by atoms with van der Waals surface area (Å²) >= 11 is 0. The molecule has 1 heterocycles. The van der Waals surface area contributed by atoms with Crippen molar-refractivity contribution < 1.29 is 13.6 Å². The van der Waals surface area contributed by atoms with E-state index in [1.807, 2.05) is 0 Å². The van der Waals surface area contributed by atoms with E-state index in [0.29, 0.717) is 0 Å². The molecular formula is C47H71O3P. The molecule has 0 spiro atoms. The molecule has 0 saturated heterocycles. The summed E-state index contributed by atoms with van der Waals surface area (Å²) in [5.41, 5.74) is 9.79. The van der Waals surface area contributed by atoms with E-state index in [4.69, 9.17) is 13.6 Å². The van der Waals surface area contributed by atoms with Gasteiger partial charge in [-0.05, 0) is 92.1 Å². The van der Waals surface area contributed by atoms with Gasteiger partial charge in [0, 0.05) is 23.1 Å². The molecule has 51 heavy (non-hydrogen) atoms. The molecule has 0 unspecified atom stereocenters. The van der Waals surface area contributed by atoms with E-state index in [1.165, 1.54) is 38.9 Å². The second-order valence-electron chi connectivity index (χ2n) is 19.9. The van der Waals surface area contributed by atoms with Crippen molar-refractivity contribution in [2.24, 2.45) is 0 Å². The molecule has 3 nitrogen and oxygen atoms in total. The van der Waals surface area contributed by atoms with Crippen LogP contribution in [0.15, 0.2) is 42.5 Å². The molecule has 4 heteroatoms. The van der Waals surface area contributed by atoms with Gasteiger partial charge >= 0.3 is 8.60 Å². The van der Waals surface area contributed by atoms with Crippen LogP contribution in [0.3, 0.4) is 0 Å². The Morgan fingerprint density at radius 1 is 0.490 bits per heavy atom. The van der Waals surface area contributed by atoms with Crippen LogP contribution in [0.2, 0.25) is 0 Å². The first kappa shape index (κ1) is 41.2. The Morgan fingerprint density at radius 3 is 1.24 bits per heavy atom. The fourth-order valence-electron chi connectivity index (χ4n) is 6.58. The number of fused-ring (bicyclic) bond motifs is 2. The van der Waals surface area contributed by atoms with Gasteiger partial charge in [-0.1, -0.05) is 161 Å². The van der Waals surface area contributed by atoms with Crippen LogP contribution < -0.4 is 13.6 Å². The highest BCUT2D eigenvalue weighted by Gasteiger charge is 2.38. The fraction of sp³-hybridized carbons (Fsp3) is 0.617. The standard InChI is InChI=1S/C47H71O3P/c1-19-44(11,12)34-26-31-25-32-27-35(45(13,14)20-2)30-38(47(17,18)22-4)41(32)50-51(49-40(31)37(29-34)46(15,16)21-3)48-39-24-23-33(42(5,6)7)28-36(39)43(8,9)10/h23-24,26-30H,19-22,25H2,1-18H3. The Kier molecular flexibility index (Phi) is 11.6. The van der Waals surface area contributed by atoms with Crippen LogP contribution in [0.25, 0.3) is 0 Å². The van der Waals surface area contributed by atoms with Gasteiger partial charge in [0.15, 0.2) is 0 Å². The fourth-order valence-corrected chi connectivity index (χ4v) is 7.75. The summed E-state index contributed by atoms with van der Waals surface area (Å²) in [7, 11) is -1.89. The maximum absolute atomic E-state index is 7.22. The first-order valence-electron chi connectivity index (χ1n) is 19.7. The number of hydrogen-bond donors (Lipinski definition) is 0. The van der Waals surface area contributed by atoms with E-state index in [0.717, 1.165) is 54.9 Å². The van der Waals surface area contributed by atoms with Gasteiger partial charge in [0.2, 0.25) is 0 Å². The van der Waals surface area contributed by atoms with E-state index < -0.39 is 8.60 Å². The zero-order chi connectivity index (χ0) is 38.5. The lowest BCUT2D eigenvalue weighted by molar-refractivity contribution is 0.360. The number of benzene rings is 3. The highest BCUT2D eigenvalue weighted by Crippen LogP contribution is 2.55. The average Bonchev–Trinajstić information content (AvgIpc) is 3.03. The van der Waals surface area contributed by atoms with Gasteiger partial charge in [0.05, 0.1) is 0 Å². The Balaban J connectivity index is 2.11. The van der Waals surface area contributed by atoms with Crippen LogP contribution in [0.1, 0.15) is 195 Å². The van der Waals surface area contributed by atoms with Gasteiger partial charge in [-0.2, -0.15) is 0 Å². The number of rotatable bonds is 10. The summed E-state index contributed by atoms with van der Waals surface area (Å²) in [6.45, 7) is 41.6. The molecule has 1 aliphatic rings. The monoisotopic (exact) mass is 715 g/mol. The predicted octanol–water partition coefficient (Wildman–Crippen LogP) is 14.7. The van der Waals surface area contributed by atoms with Crippen LogP contribution in [-0.2, 0) is 38.9 Å². The molecule has 3 aromatic rings. The lowest BCUT2D eigenvalue weighted by Gasteiger charge is -2.36. The quantitative estimate of drug-likeness (QED) is 0.196. The minimum Gasteiger partial charge on any atom is -0.408 e. The summed E-state index contributed by atoms with van der Waals surface area (Å²) in [5, 5.41) is 0. The molecule has 0 fully saturated rings. The third-order valence-corrected chi connectivity index (χ3v) is 13.4. The van der Waals surface area contributed by atoms with Crippen molar-refractivity contribution in [3.8, 4) is 17.2 Å². The lowest BCUT2D eigenvalue weighted by Crippen LogP contribution is -2.25. The van der Waals surface area contributed by atoms with Gasteiger partial charge < -0.3 is 13.6 Å². The molecule has 0 bridgehead atoms. The van der Waals surface area contributed by atoms with E-state index in [-0.39, 0.29) is 32.5 Å². The molecule has 4 rings (SSSR count). The Bertz CT molecular complexity index is 1620. The van der Waals surface area contributed by atoms with E-state index in [2.05, 4.69) is 167 Å². The van der Waals surface area contributed by atoms with Crippen LogP contribution in [0.5, 0.6) is 17.2 Å². The van der Waals surface area contributed by atoms with Gasteiger partial charge in [-0.25, -0.2) is 0 Å². The smallest absolute Gasteiger partial charge is 0.408 e. The van der Waals surface area contributed by atoms with Crippen molar-refractivity contribution in [2.75, 3.05) is 0 Å². The second-order valence-corrected chi connectivity index (χ2v) is 20.9. The highest BCUT2D eigenvalue weighted by molar-refractivity contribution is 7.43. The summed E-state index contributed by atoms with van der Waals surface area (Å²) in [4.78, 5) is 0. The van der Waals surface area contributed by atoms with Crippen LogP contribution in [0, 0.1) is 0 Å². The number of hydrogen-bond acceptors (Lipinski definition) is 3. The Hall–Kier alpha value is -2.51. The minimum absolute atomic E-state index is 0.0181. The molecule has 0 aromatic heterocycles. The Labute approximate surface area is 314 Å². The molecule has 0 N–H and O–H groups in total. The molecule has 0 radical (unpaired) electrons. The zero-order valence-electron chi connectivity index (χ0n) is 35.7. The summed E-state index contributed by atoms with van der Waals surface area (Å²) in [5.74, 6) is 2.68. The van der Waals surface area contributed by atoms with Gasteiger partial charge in [0.25, 0.3) is 0 Å². The van der Waals surface area contributed by atoms with E-state index >= 15 is 0 Å². The zero-order valence-corrected chi connectivity index (χ0v) is 36.6. The van der Waals surface area contributed by atoms with Gasteiger partial charge in [-0.15, -0.1) is 0 Å². The maximum atomic E-state index is 7.22. The molecule has 0 saturated carbocycles. The minimum atomic E-state index is -1.89. The highest BCUT2D eigenvalue weighted by atomic mass is 31.2.